The summed E-state index contributed by atoms with van der Waals surface area (Å²) in [5.41, 5.74) is 1.01. The quantitative estimate of drug-likeness (QED) is 0.821. The number of hydrogen-bond acceptors (Lipinski definition) is 4. The third kappa shape index (κ3) is 4.56. The lowest BCUT2D eigenvalue weighted by Gasteiger charge is -2.35. The number of amides is 2. The Hall–Kier alpha value is -1.43. The summed E-state index contributed by atoms with van der Waals surface area (Å²) in [5, 5.41) is 3.08. The Morgan fingerprint density at radius 3 is 2.33 bits per heavy atom. The van der Waals surface area contributed by atoms with E-state index in [1.807, 2.05) is 22.1 Å². The molecular weight excluding hydrogens is 322 g/mol. The van der Waals surface area contributed by atoms with Gasteiger partial charge < -0.3 is 9.80 Å². The van der Waals surface area contributed by atoms with E-state index in [1.54, 1.807) is 11.3 Å². The third-order valence-corrected chi connectivity index (χ3v) is 6.01. The molecular formula is C18H27N3O2S. The van der Waals surface area contributed by atoms with Crippen LogP contribution in [-0.4, -0.2) is 52.8 Å². The van der Waals surface area contributed by atoms with Crippen LogP contribution in [-0.2, 0) is 16.0 Å². The van der Waals surface area contributed by atoms with E-state index in [9.17, 15) is 9.59 Å². The Kier molecular flexibility index (Phi) is 5.87. The van der Waals surface area contributed by atoms with Crippen LogP contribution < -0.4 is 0 Å². The molecule has 1 aromatic rings. The predicted molar refractivity (Wildman–Crippen MR) is 94.9 cm³/mol. The molecule has 0 radical (unpaired) electrons. The lowest BCUT2D eigenvalue weighted by Crippen LogP contribution is -2.50. The summed E-state index contributed by atoms with van der Waals surface area (Å²) in [6.07, 6.45) is 6.90. The van der Waals surface area contributed by atoms with Crippen LogP contribution in [0.25, 0.3) is 0 Å². The zero-order chi connectivity index (χ0) is 16.9. The monoisotopic (exact) mass is 349 g/mol. The number of carbonyl (C=O) groups excluding carboxylic acids is 2. The molecule has 1 aliphatic carbocycles. The molecule has 1 aromatic heterocycles. The van der Waals surface area contributed by atoms with Gasteiger partial charge in [0.2, 0.25) is 11.8 Å². The van der Waals surface area contributed by atoms with E-state index >= 15 is 0 Å². The zero-order valence-corrected chi connectivity index (χ0v) is 15.3. The van der Waals surface area contributed by atoms with Gasteiger partial charge in [-0.1, -0.05) is 12.8 Å². The van der Waals surface area contributed by atoms with Crippen molar-refractivity contribution in [2.75, 3.05) is 26.2 Å². The number of aromatic nitrogens is 1. The van der Waals surface area contributed by atoms with Crippen molar-refractivity contribution in [2.45, 2.75) is 51.9 Å². The highest BCUT2D eigenvalue weighted by atomic mass is 32.1. The number of piperazine rings is 1. The summed E-state index contributed by atoms with van der Waals surface area (Å²) < 4.78 is 0. The van der Waals surface area contributed by atoms with E-state index in [0.29, 0.717) is 51.4 Å². The van der Waals surface area contributed by atoms with Crippen LogP contribution in [0.2, 0.25) is 0 Å². The lowest BCUT2D eigenvalue weighted by molar-refractivity contribution is -0.140. The first-order valence-electron chi connectivity index (χ1n) is 9.08. The molecule has 6 heteroatoms. The molecule has 3 rings (SSSR count). The molecule has 2 amide bonds. The zero-order valence-electron chi connectivity index (χ0n) is 14.5. The summed E-state index contributed by atoms with van der Waals surface area (Å²) in [6.45, 7) is 4.70. The van der Waals surface area contributed by atoms with Gasteiger partial charge in [-0.3, -0.25) is 9.59 Å². The standard InChI is InChI=1S/C18H27N3O2S/c1-14-19-16(13-24-14)6-7-17(22)20-8-10-21(11-9-20)18(23)12-15-4-2-3-5-15/h13,15H,2-12H2,1H3. The molecule has 1 saturated carbocycles. The summed E-state index contributed by atoms with van der Waals surface area (Å²) in [6, 6.07) is 0. The molecule has 24 heavy (non-hydrogen) atoms. The molecule has 0 N–H and O–H groups in total. The van der Waals surface area contributed by atoms with Crippen molar-refractivity contribution in [2.24, 2.45) is 5.92 Å². The second-order valence-corrected chi connectivity index (χ2v) is 8.04. The molecule has 2 fully saturated rings. The molecule has 0 unspecified atom stereocenters. The number of thiazole rings is 1. The largest absolute Gasteiger partial charge is 0.339 e. The van der Waals surface area contributed by atoms with Crippen molar-refractivity contribution in [1.82, 2.24) is 14.8 Å². The summed E-state index contributed by atoms with van der Waals surface area (Å²) in [7, 11) is 0. The summed E-state index contributed by atoms with van der Waals surface area (Å²) in [4.78, 5) is 32.9. The summed E-state index contributed by atoms with van der Waals surface area (Å²) in [5.74, 6) is 1.06. The average molecular weight is 350 g/mol. The highest BCUT2D eigenvalue weighted by Gasteiger charge is 2.26. The molecule has 0 atom stereocenters. The minimum atomic E-state index is 0.184. The van der Waals surface area contributed by atoms with Crippen molar-refractivity contribution >= 4 is 23.2 Å². The highest BCUT2D eigenvalue weighted by Crippen LogP contribution is 2.28. The van der Waals surface area contributed by atoms with Gasteiger partial charge in [0.1, 0.15) is 0 Å². The van der Waals surface area contributed by atoms with Crippen LogP contribution in [0.3, 0.4) is 0 Å². The second-order valence-electron chi connectivity index (χ2n) is 6.97. The van der Waals surface area contributed by atoms with E-state index in [2.05, 4.69) is 4.98 Å². The molecule has 2 aliphatic rings. The van der Waals surface area contributed by atoms with Gasteiger partial charge in [0.25, 0.3) is 0 Å². The second kappa shape index (κ2) is 8.10. The van der Waals surface area contributed by atoms with Crippen LogP contribution in [0.5, 0.6) is 0 Å². The average Bonchev–Trinajstić information content (AvgIpc) is 3.24. The van der Waals surface area contributed by atoms with Crippen LogP contribution in [0.15, 0.2) is 5.38 Å². The fourth-order valence-corrected chi connectivity index (χ4v) is 4.36. The Bertz CT molecular complexity index is 573. The van der Waals surface area contributed by atoms with Crippen molar-refractivity contribution < 1.29 is 9.59 Å². The van der Waals surface area contributed by atoms with Crippen LogP contribution in [0.4, 0.5) is 0 Å². The van der Waals surface area contributed by atoms with E-state index in [4.69, 9.17) is 0 Å². The molecule has 0 bridgehead atoms. The first-order chi connectivity index (χ1) is 11.6. The normalized spacial score (nSPS) is 19.0. The first kappa shape index (κ1) is 17.4. The predicted octanol–water partition coefficient (Wildman–Crippen LogP) is 2.64. The van der Waals surface area contributed by atoms with Gasteiger partial charge in [0.05, 0.1) is 10.7 Å². The Labute approximate surface area is 148 Å². The van der Waals surface area contributed by atoms with Crippen LogP contribution in [0, 0.1) is 12.8 Å². The van der Waals surface area contributed by atoms with Gasteiger partial charge in [-0.15, -0.1) is 11.3 Å². The van der Waals surface area contributed by atoms with E-state index in [-0.39, 0.29) is 11.8 Å². The van der Waals surface area contributed by atoms with Crippen molar-refractivity contribution in [3.63, 3.8) is 0 Å². The number of nitrogens with zero attached hydrogens (tertiary/aromatic N) is 3. The maximum Gasteiger partial charge on any atom is 0.223 e. The Balaban J connectivity index is 1.39. The summed E-state index contributed by atoms with van der Waals surface area (Å²) >= 11 is 1.63. The topological polar surface area (TPSA) is 53.5 Å². The maximum atomic E-state index is 12.4. The SMILES string of the molecule is Cc1nc(CCC(=O)N2CCN(C(=O)CC3CCCC3)CC2)cs1. The molecule has 0 aromatic carbocycles. The molecule has 2 heterocycles. The van der Waals surface area contributed by atoms with Crippen molar-refractivity contribution in [3.05, 3.63) is 16.1 Å². The minimum absolute atomic E-state index is 0.184. The fourth-order valence-electron chi connectivity index (χ4n) is 3.71. The van der Waals surface area contributed by atoms with Gasteiger partial charge in [0.15, 0.2) is 0 Å². The molecule has 1 aliphatic heterocycles. The molecule has 0 spiro atoms. The first-order valence-corrected chi connectivity index (χ1v) is 9.96. The molecule has 1 saturated heterocycles. The molecule has 5 nitrogen and oxygen atoms in total. The fraction of sp³-hybridized carbons (Fsp3) is 0.722. The van der Waals surface area contributed by atoms with E-state index < -0.39 is 0 Å². The Morgan fingerprint density at radius 1 is 1.12 bits per heavy atom. The third-order valence-electron chi connectivity index (χ3n) is 5.18. The van der Waals surface area contributed by atoms with E-state index in [0.717, 1.165) is 10.7 Å². The van der Waals surface area contributed by atoms with E-state index in [1.165, 1.54) is 25.7 Å². The minimum Gasteiger partial charge on any atom is -0.339 e. The Morgan fingerprint density at radius 2 is 1.75 bits per heavy atom. The van der Waals surface area contributed by atoms with Crippen LogP contribution in [0.1, 0.15) is 49.2 Å². The smallest absolute Gasteiger partial charge is 0.223 e. The lowest BCUT2D eigenvalue weighted by atomic mass is 10.0. The van der Waals surface area contributed by atoms with Gasteiger partial charge in [-0.25, -0.2) is 4.98 Å². The number of hydrogen-bond donors (Lipinski definition) is 0. The van der Waals surface area contributed by atoms with Crippen molar-refractivity contribution in [3.8, 4) is 0 Å². The number of aryl methyl sites for hydroxylation is 2. The van der Waals surface area contributed by atoms with Gasteiger partial charge in [0, 0.05) is 44.4 Å². The number of rotatable bonds is 5. The molecule has 132 valence electrons. The number of carbonyl (C=O) groups is 2. The van der Waals surface area contributed by atoms with Gasteiger partial charge in [-0.05, 0) is 32.1 Å². The highest BCUT2D eigenvalue weighted by molar-refractivity contribution is 7.09. The maximum absolute atomic E-state index is 12.4. The van der Waals surface area contributed by atoms with Crippen LogP contribution >= 0.6 is 11.3 Å². The van der Waals surface area contributed by atoms with Gasteiger partial charge >= 0.3 is 0 Å². The van der Waals surface area contributed by atoms with Gasteiger partial charge in [-0.2, -0.15) is 0 Å². The van der Waals surface area contributed by atoms with Crippen molar-refractivity contribution in [1.29, 1.82) is 0 Å².